The number of ether oxygens (including phenoxy) is 4. The molecule has 0 unspecified atom stereocenters. The second-order valence-electron chi connectivity index (χ2n) is 19.3. The molecule has 1 aliphatic rings. The van der Waals surface area contributed by atoms with Gasteiger partial charge in [-0.05, 0) is 93.4 Å². The first-order valence-electron chi connectivity index (χ1n) is 23.6. The van der Waals surface area contributed by atoms with E-state index in [2.05, 4.69) is 118 Å². The number of anilines is 1. The normalized spacial score (nSPS) is 17.5. The number of rotatable bonds is 16. The summed E-state index contributed by atoms with van der Waals surface area (Å²) in [5.74, 6) is 5.14. The minimum absolute atomic E-state index is 0.0571. The van der Waals surface area contributed by atoms with E-state index in [-0.39, 0.29) is 16.9 Å². The molecule has 70 heavy (non-hydrogen) atoms. The Labute approximate surface area is 417 Å². The topological polar surface area (TPSA) is 88.9 Å². The van der Waals surface area contributed by atoms with Crippen molar-refractivity contribution in [2.24, 2.45) is 0 Å². The van der Waals surface area contributed by atoms with Gasteiger partial charge in [-0.3, -0.25) is 0 Å². The first-order chi connectivity index (χ1) is 33.8. The molecule has 3 atom stereocenters. The highest BCUT2D eigenvalue weighted by Gasteiger charge is 2.55. The average molecular weight is 968 g/mol. The van der Waals surface area contributed by atoms with Crippen molar-refractivity contribution >= 4 is 36.8 Å². The summed E-state index contributed by atoms with van der Waals surface area (Å²) in [5, 5.41) is 4.62. The van der Waals surface area contributed by atoms with Crippen LogP contribution in [0, 0.1) is 12.3 Å². The molecule has 0 amide bonds. The van der Waals surface area contributed by atoms with E-state index < -0.39 is 37.4 Å². The van der Waals surface area contributed by atoms with Crippen molar-refractivity contribution in [2.45, 2.75) is 74.4 Å². The molecule has 0 saturated carbocycles. The van der Waals surface area contributed by atoms with Crippen LogP contribution >= 0.6 is 11.6 Å². The molecule has 3 heterocycles. The Morgan fingerprint density at radius 2 is 1.14 bits per heavy atom. The second-order valence-corrected chi connectivity index (χ2v) is 24.4. The van der Waals surface area contributed by atoms with Crippen molar-refractivity contribution in [1.29, 1.82) is 0 Å². The summed E-state index contributed by atoms with van der Waals surface area (Å²) in [5.41, 5.74) is 2.78. The highest BCUT2D eigenvalue weighted by atomic mass is 35.5. The minimum Gasteiger partial charge on any atom is -0.497 e. The quantitative estimate of drug-likeness (QED) is 0.0443. The van der Waals surface area contributed by atoms with Crippen molar-refractivity contribution in [2.75, 3.05) is 26.1 Å². The molecule has 1 saturated heterocycles. The van der Waals surface area contributed by atoms with E-state index in [1.165, 1.54) is 0 Å². The summed E-state index contributed by atoms with van der Waals surface area (Å²) in [6.45, 7) is 11.2. The number of halogens is 1. The van der Waals surface area contributed by atoms with Gasteiger partial charge < -0.3 is 33.3 Å². The summed E-state index contributed by atoms with van der Waals surface area (Å²) < 4.78 is 35.5. The zero-order valence-electron chi connectivity index (χ0n) is 40.7. The van der Waals surface area contributed by atoms with E-state index in [9.17, 15) is 0 Å². The Morgan fingerprint density at radius 3 is 1.61 bits per heavy atom. The van der Waals surface area contributed by atoms with Crippen LogP contribution in [0.15, 0.2) is 182 Å². The van der Waals surface area contributed by atoms with Crippen LogP contribution < -0.4 is 14.8 Å². The number of nitrogens with one attached hydrogen (secondary N) is 1. The van der Waals surface area contributed by atoms with Gasteiger partial charge in [0, 0.05) is 12.6 Å². The number of terminal acetylenes is 1. The van der Waals surface area contributed by atoms with Crippen LogP contribution in [0.2, 0.25) is 23.4 Å². The maximum Gasteiger partial charge on any atom is 0.226 e. The summed E-state index contributed by atoms with van der Waals surface area (Å²) in [7, 11) is 0.942. The van der Waals surface area contributed by atoms with Gasteiger partial charge in [0.2, 0.25) is 5.28 Å². The standard InChI is InChI=1S/C59H59ClN4O5Si/c1-9-57(41-67-70(7,8)56(2,3)4)51(68-59(45-26-18-12-19-27-45,46-28-20-13-21-29-46)47-32-36-49(66-6)37-33-47)40-52(69-57)64-39-38-50-53(61-55(60)62-54(50)64)63-58(42-22-14-10-15-23-42,43-24-16-11-17-25-43)44-30-34-48(65-5)35-31-44/h1,10-39,51-52H,40-41H2,2-8H3,(H,61,62,63)/t51-,52+,57+/m0/s1. The fourth-order valence-electron chi connectivity index (χ4n) is 9.39. The molecule has 9 nitrogen and oxygen atoms in total. The third-order valence-corrected chi connectivity index (χ3v) is 18.9. The van der Waals surface area contributed by atoms with Crippen molar-refractivity contribution in [3.63, 3.8) is 0 Å². The van der Waals surface area contributed by atoms with Crippen LogP contribution in [0.25, 0.3) is 11.0 Å². The Bertz CT molecular complexity index is 2990. The molecule has 8 aromatic rings. The Hall–Kier alpha value is -6.71. The van der Waals surface area contributed by atoms with E-state index in [4.69, 9.17) is 51.4 Å². The largest absolute Gasteiger partial charge is 0.497 e. The fourth-order valence-corrected chi connectivity index (χ4v) is 10.6. The number of hydrogen-bond donors (Lipinski definition) is 1. The zero-order chi connectivity index (χ0) is 49.2. The summed E-state index contributed by atoms with van der Waals surface area (Å²) in [6, 6.07) is 59.3. The van der Waals surface area contributed by atoms with Crippen LogP contribution in [-0.4, -0.2) is 55.4 Å². The lowest BCUT2D eigenvalue weighted by Gasteiger charge is -2.43. The fraction of sp³-hybridized carbons (Fsp3) is 0.254. The predicted molar refractivity (Wildman–Crippen MR) is 282 cm³/mol. The van der Waals surface area contributed by atoms with Crippen molar-refractivity contribution in [3.8, 4) is 23.8 Å². The Kier molecular flexibility index (Phi) is 13.5. The van der Waals surface area contributed by atoms with E-state index in [1.54, 1.807) is 14.2 Å². The lowest BCUT2D eigenvalue weighted by Crippen LogP contribution is -2.52. The molecule has 1 N–H and O–H groups in total. The molecular weight excluding hydrogens is 908 g/mol. The lowest BCUT2D eigenvalue weighted by molar-refractivity contribution is -0.131. The van der Waals surface area contributed by atoms with Gasteiger partial charge >= 0.3 is 0 Å². The molecule has 0 aliphatic carbocycles. The first-order valence-corrected chi connectivity index (χ1v) is 26.9. The average Bonchev–Trinajstić information content (AvgIpc) is 3.99. The van der Waals surface area contributed by atoms with Gasteiger partial charge in [-0.15, -0.1) is 6.42 Å². The number of nitrogens with zero attached hydrogens (tertiary/aromatic N) is 3. The maximum absolute atomic E-state index is 7.84. The molecular formula is C59H59ClN4O5Si. The van der Waals surface area contributed by atoms with E-state index >= 15 is 0 Å². The minimum atomic E-state index is -2.39. The first kappa shape index (κ1) is 48.3. The number of aromatic nitrogens is 3. The van der Waals surface area contributed by atoms with E-state index in [1.807, 2.05) is 114 Å². The summed E-state index contributed by atoms with van der Waals surface area (Å²) in [4.78, 5) is 9.83. The highest BCUT2D eigenvalue weighted by molar-refractivity contribution is 6.74. The second kappa shape index (κ2) is 19.6. The smallest absolute Gasteiger partial charge is 0.226 e. The molecule has 0 spiro atoms. The van der Waals surface area contributed by atoms with Crippen LogP contribution in [0.4, 0.5) is 5.82 Å². The monoisotopic (exact) mass is 966 g/mol. The highest BCUT2D eigenvalue weighted by Crippen LogP contribution is 2.50. The van der Waals surface area contributed by atoms with E-state index in [0.29, 0.717) is 17.9 Å². The SMILES string of the molecule is C#C[C@]1(CO[Si](C)(C)C(C)(C)C)O[C@@H](n2ccc3c(NC(c4ccccc4)(c4ccccc4)c4ccc(OC)cc4)nc(Cl)nc32)C[C@@H]1OC(c1ccccc1)(c1ccccc1)c1ccc(OC)cc1. The summed E-state index contributed by atoms with van der Waals surface area (Å²) >= 11 is 7.02. The number of methoxy groups -OCH3 is 2. The van der Waals surface area contributed by atoms with Gasteiger partial charge in [0.1, 0.15) is 46.4 Å². The molecule has 6 aromatic carbocycles. The molecule has 0 radical (unpaired) electrons. The number of benzene rings is 6. The molecule has 9 rings (SSSR count). The predicted octanol–water partition coefficient (Wildman–Crippen LogP) is 13.2. The van der Waals surface area contributed by atoms with Crippen molar-refractivity contribution < 1.29 is 23.4 Å². The third-order valence-electron chi connectivity index (χ3n) is 14.3. The zero-order valence-corrected chi connectivity index (χ0v) is 42.5. The molecule has 1 aliphatic heterocycles. The van der Waals surface area contributed by atoms with Crippen LogP contribution in [0.1, 0.15) is 66.8 Å². The van der Waals surface area contributed by atoms with E-state index in [0.717, 1.165) is 50.3 Å². The van der Waals surface area contributed by atoms with Gasteiger partial charge in [-0.1, -0.05) is 172 Å². The molecule has 1 fully saturated rings. The van der Waals surface area contributed by atoms with Gasteiger partial charge in [-0.2, -0.15) is 4.98 Å². The van der Waals surface area contributed by atoms with Crippen molar-refractivity contribution in [1.82, 2.24) is 14.5 Å². The van der Waals surface area contributed by atoms with Gasteiger partial charge in [-0.25, -0.2) is 4.98 Å². The molecule has 356 valence electrons. The van der Waals surface area contributed by atoms with Crippen LogP contribution in [-0.2, 0) is 25.0 Å². The van der Waals surface area contributed by atoms with Gasteiger partial charge in [0.25, 0.3) is 0 Å². The number of fused-ring (bicyclic) bond motifs is 1. The number of hydrogen-bond acceptors (Lipinski definition) is 8. The summed E-state index contributed by atoms with van der Waals surface area (Å²) in [6.07, 6.45) is 7.70. The van der Waals surface area contributed by atoms with Gasteiger partial charge in [0.15, 0.2) is 13.9 Å². The molecule has 11 heteroatoms. The Balaban J connectivity index is 1.20. The van der Waals surface area contributed by atoms with Crippen LogP contribution in [0.5, 0.6) is 11.5 Å². The van der Waals surface area contributed by atoms with Crippen molar-refractivity contribution in [3.05, 3.63) is 221 Å². The molecule has 2 aromatic heterocycles. The van der Waals surface area contributed by atoms with Crippen LogP contribution in [0.3, 0.4) is 0 Å². The third kappa shape index (κ3) is 8.89. The van der Waals surface area contributed by atoms with Gasteiger partial charge in [0.05, 0.1) is 26.2 Å². The Morgan fingerprint density at radius 1 is 0.686 bits per heavy atom. The maximum atomic E-state index is 7.84. The molecule has 0 bridgehead atoms. The lowest BCUT2D eigenvalue weighted by atomic mass is 9.77.